The van der Waals surface area contributed by atoms with Crippen molar-refractivity contribution in [3.05, 3.63) is 0 Å². The van der Waals surface area contributed by atoms with Crippen LogP contribution in [-0.2, 0) is 9.59 Å². The highest BCUT2D eigenvalue weighted by molar-refractivity contribution is 5.81. The van der Waals surface area contributed by atoms with E-state index in [-0.39, 0.29) is 11.9 Å². The van der Waals surface area contributed by atoms with Crippen LogP contribution in [0.5, 0.6) is 0 Å². The maximum absolute atomic E-state index is 11.9. The monoisotopic (exact) mass is 270 g/mol. The summed E-state index contributed by atoms with van der Waals surface area (Å²) in [4.78, 5) is 25.5. The third-order valence-electron chi connectivity index (χ3n) is 4.07. The van der Waals surface area contributed by atoms with Crippen LogP contribution in [0.3, 0.4) is 0 Å². The van der Waals surface area contributed by atoms with Crippen LogP contribution in [0.2, 0.25) is 0 Å². The zero-order chi connectivity index (χ0) is 14.5. The summed E-state index contributed by atoms with van der Waals surface area (Å²) < 4.78 is 0. The fraction of sp³-hybridized carbons (Fsp3) is 0.857. The van der Waals surface area contributed by atoms with E-state index in [0.717, 1.165) is 25.8 Å². The van der Waals surface area contributed by atoms with Gasteiger partial charge in [0, 0.05) is 13.1 Å². The van der Waals surface area contributed by atoms with Gasteiger partial charge in [-0.25, -0.2) is 0 Å². The number of nitrogens with one attached hydrogen (secondary N) is 1. The molecule has 0 aliphatic carbocycles. The number of hydrogen-bond donors (Lipinski definition) is 2. The Morgan fingerprint density at radius 1 is 1.42 bits per heavy atom. The summed E-state index contributed by atoms with van der Waals surface area (Å²) in [6.07, 6.45) is 3.10. The SMILES string of the molecule is CCCC1(C(=O)O)CCCN(C(C)C(=O)NCC)C1. The highest BCUT2D eigenvalue weighted by atomic mass is 16.4. The number of aliphatic carboxylic acids is 1. The number of carboxylic acid groups (broad SMARTS) is 1. The molecule has 1 saturated heterocycles. The Balaban J connectivity index is 2.77. The lowest BCUT2D eigenvalue weighted by Gasteiger charge is -2.42. The maximum atomic E-state index is 11.9. The molecule has 1 rings (SSSR count). The van der Waals surface area contributed by atoms with E-state index in [1.54, 1.807) is 0 Å². The average Bonchev–Trinajstić information content (AvgIpc) is 2.38. The van der Waals surface area contributed by atoms with Crippen molar-refractivity contribution in [2.45, 2.75) is 52.5 Å². The van der Waals surface area contributed by atoms with E-state index >= 15 is 0 Å². The van der Waals surface area contributed by atoms with Crippen molar-refractivity contribution in [2.24, 2.45) is 5.41 Å². The highest BCUT2D eigenvalue weighted by Gasteiger charge is 2.43. The van der Waals surface area contributed by atoms with Gasteiger partial charge in [0.2, 0.25) is 5.91 Å². The molecule has 5 heteroatoms. The van der Waals surface area contributed by atoms with Gasteiger partial charge in [0.25, 0.3) is 0 Å². The van der Waals surface area contributed by atoms with Gasteiger partial charge in [-0.2, -0.15) is 0 Å². The molecule has 0 aromatic rings. The molecule has 1 fully saturated rings. The van der Waals surface area contributed by atoms with Gasteiger partial charge in [-0.3, -0.25) is 14.5 Å². The summed E-state index contributed by atoms with van der Waals surface area (Å²) >= 11 is 0. The standard InChI is InChI=1S/C14H26N2O3/c1-4-7-14(13(18)19)8-6-9-16(10-14)11(3)12(17)15-5-2/h11H,4-10H2,1-3H3,(H,15,17)(H,18,19). The molecule has 2 unspecified atom stereocenters. The van der Waals surface area contributed by atoms with Gasteiger partial charge in [0.05, 0.1) is 11.5 Å². The molecule has 2 N–H and O–H groups in total. The first-order chi connectivity index (χ1) is 8.96. The van der Waals surface area contributed by atoms with E-state index in [1.165, 1.54) is 0 Å². The van der Waals surface area contributed by atoms with E-state index in [4.69, 9.17) is 0 Å². The Bertz CT molecular complexity index is 329. The van der Waals surface area contributed by atoms with E-state index < -0.39 is 11.4 Å². The molecule has 0 radical (unpaired) electrons. The second-order valence-corrected chi connectivity index (χ2v) is 5.48. The molecule has 0 saturated carbocycles. The van der Waals surface area contributed by atoms with Crippen LogP contribution in [0.25, 0.3) is 0 Å². The Morgan fingerprint density at radius 2 is 2.11 bits per heavy atom. The summed E-state index contributed by atoms with van der Waals surface area (Å²) in [6, 6.07) is -0.254. The van der Waals surface area contributed by atoms with Crippen molar-refractivity contribution in [2.75, 3.05) is 19.6 Å². The molecule has 5 nitrogen and oxygen atoms in total. The predicted molar refractivity (Wildman–Crippen MR) is 73.9 cm³/mol. The van der Waals surface area contributed by atoms with E-state index in [1.807, 2.05) is 25.7 Å². The third-order valence-corrected chi connectivity index (χ3v) is 4.07. The van der Waals surface area contributed by atoms with Crippen molar-refractivity contribution in [3.8, 4) is 0 Å². The molecule has 1 heterocycles. The first kappa shape index (κ1) is 16.0. The quantitative estimate of drug-likeness (QED) is 0.767. The predicted octanol–water partition coefficient (Wildman–Crippen LogP) is 1.48. The first-order valence-electron chi connectivity index (χ1n) is 7.22. The number of rotatable bonds is 6. The van der Waals surface area contributed by atoms with Crippen LogP contribution in [0.1, 0.15) is 46.5 Å². The van der Waals surface area contributed by atoms with Crippen molar-refractivity contribution in [1.29, 1.82) is 0 Å². The summed E-state index contributed by atoms with van der Waals surface area (Å²) in [5.41, 5.74) is -0.673. The van der Waals surface area contributed by atoms with E-state index in [2.05, 4.69) is 5.32 Å². The molecule has 0 aromatic carbocycles. The molecule has 0 spiro atoms. The van der Waals surface area contributed by atoms with Crippen LogP contribution in [0.4, 0.5) is 0 Å². The van der Waals surface area contributed by atoms with Gasteiger partial charge in [-0.1, -0.05) is 13.3 Å². The second kappa shape index (κ2) is 6.89. The minimum Gasteiger partial charge on any atom is -0.481 e. The Hall–Kier alpha value is -1.10. The normalized spacial score (nSPS) is 25.8. The molecular weight excluding hydrogens is 244 g/mol. The smallest absolute Gasteiger partial charge is 0.310 e. The van der Waals surface area contributed by atoms with Crippen LogP contribution in [0, 0.1) is 5.41 Å². The topological polar surface area (TPSA) is 69.6 Å². The van der Waals surface area contributed by atoms with Crippen LogP contribution in [-0.4, -0.2) is 47.6 Å². The number of likely N-dealkylation sites (N-methyl/N-ethyl adjacent to an activating group) is 1. The molecule has 1 aliphatic heterocycles. The minimum absolute atomic E-state index is 0.0137. The van der Waals surface area contributed by atoms with Gasteiger partial charge in [0.1, 0.15) is 0 Å². The number of amides is 1. The van der Waals surface area contributed by atoms with Crippen molar-refractivity contribution in [3.63, 3.8) is 0 Å². The van der Waals surface area contributed by atoms with Crippen molar-refractivity contribution in [1.82, 2.24) is 10.2 Å². The van der Waals surface area contributed by atoms with Gasteiger partial charge >= 0.3 is 5.97 Å². The lowest BCUT2D eigenvalue weighted by molar-refractivity contribution is -0.155. The molecule has 19 heavy (non-hydrogen) atoms. The van der Waals surface area contributed by atoms with E-state index in [9.17, 15) is 14.7 Å². The number of carbonyl (C=O) groups is 2. The second-order valence-electron chi connectivity index (χ2n) is 5.48. The zero-order valence-electron chi connectivity index (χ0n) is 12.2. The summed E-state index contributed by atoms with van der Waals surface area (Å²) in [5, 5.41) is 12.3. The Morgan fingerprint density at radius 3 is 2.63 bits per heavy atom. The van der Waals surface area contributed by atoms with Gasteiger partial charge < -0.3 is 10.4 Å². The number of likely N-dealkylation sites (tertiary alicyclic amines) is 1. The minimum atomic E-state index is -0.720. The van der Waals surface area contributed by atoms with Crippen molar-refractivity contribution < 1.29 is 14.7 Å². The lowest BCUT2D eigenvalue weighted by atomic mass is 9.76. The Labute approximate surface area is 115 Å². The summed E-state index contributed by atoms with van der Waals surface area (Å²) in [7, 11) is 0. The van der Waals surface area contributed by atoms with Crippen LogP contribution >= 0.6 is 0 Å². The fourth-order valence-corrected chi connectivity index (χ4v) is 2.95. The third kappa shape index (κ3) is 3.69. The first-order valence-corrected chi connectivity index (χ1v) is 7.22. The molecule has 2 atom stereocenters. The number of carboxylic acids is 1. The summed E-state index contributed by atoms with van der Waals surface area (Å²) in [6.45, 7) is 7.65. The highest BCUT2D eigenvalue weighted by Crippen LogP contribution is 2.35. The molecule has 1 amide bonds. The summed E-state index contributed by atoms with van der Waals surface area (Å²) in [5.74, 6) is -0.734. The van der Waals surface area contributed by atoms with E-state index in [0.29, 0.717) is 19.5 Å². The number of piperidine rings is 1. The largest absolute Gasteiger partial charge is 0.481 e. The van der Waals surface area contributed by atoms with Gasteiger partial charge in [0.15, 0.2) is 0 Å². The number of hydrogen-bond acceptors (Lipinski definition) is 3. The number of nitrogens with zero attached hydrogens (tertiary/aromatic N) is 1. The Kier molecular flexibility index (Phi) is 5.79. The molecular formula is C14H26N2O3. The zero-order valence-corrected chi connectivity index (χ0v) is 12.2. The van der Waals surface area contributed by atoms with Gasteiger partial charge in [-0.15, -0.1) is 0 Å². The molecule has 0 bridgehead atoms. The maximum Gasteiger partial charge on any atom is 0.310 e. The molecule has 0 aromatic heterocycles. The molecule has 110 valence electrons. The van der Waals surface area contributed by atoms with Gasteiger partial charge in [-0.05, 0) is 39.7 Å². The average molecular weight is 270 g/mol. The van der Waals surface area contributed by atoms with Crippen LogP contribution < -0.4 is 5.32 Å². The molecule has 1 aliphatic rings. The fourth-order valence-electron chi connectivity index (χ4n) is 2.95. The lowest BCUT2D eigenvalue weighted by Crippen LogP contribution is -2.54. The van der Waals surface area contributed by atoms with Crippen LogP contribution in [0.15, 0.2) is 0 Å². The van der Waals surface area contributed by atoms with Crippen molar-refractivity contribution >= 4 is 11.9 Å². The number of carbonyl (C=O) groups excluding carboxylic acids is 1.